The first-order valence-corrected chi connectivity index (χ1v) is 13.8. The number of carbonyl (C=O) groups excluding carboxylic acids is 1. The van der Waals surface area contributed by atoms with Crippen LogP contribution in [0.3, 0.4) is 0 Å². The quantitative estimate of drug-likeness (QED) is 0.345. The second-order valence-electron chi connectivity index (χ2n) is 9.76. The summed E-state index contributed by atoms with van der Waals surface area (Å²) in [6.07, 6.45) is -4.17. The molecular formula is C27H22F3N7O3S. The van der Waals surface area contributed by atoms with E-state index >= 15 is 0 Å². The van der Waals surface area contributed by atoms with Gasteiger partial charge >= 0.3 is 12.2 Å². The first-order chi connectivity index (χ1) is 19.8. The van der Waals surface area contributed by atoms with Gasteiger partial charge in [-0.2, -0.15) is 13.2 Å². The summed E-state index contributed by atoms with van der Waals surface area (Å²) in [5.41, 5.74) is 2.62. The van der Waals surface area contributed by atoms with Crippen molar-refractivity contribution in [1.82, 2.24) is 15.2 Å². The number of morpholine rings is 1. The van der Waals surface area contributed by atoms with Gasteiger partial charge in [0.2, 0.25) is 11.2 Å². The molecule has 210 valence electrons. The molecule has 14 heteroatoms. The van der Waals surface area contributed by atoms with E-state index in [2.05, 4.69) is 30.8 Å². The van der Waals surface area contributed by atoms with Crippen LogP contribution in [-0.4, -0.2) is 58.3 Å². The zero-order chi connectivity index (χ0) is 28.1. The fraction of sp³-hybridized carbons (Fsp3) is 0.296. The number of hydrogen-bond acceptors (Lipinski definition) is 10. The average Bonchev–Trinajstić information content (AvgIpc) is 3.57. The maximum absolute atomic E-state index is 13.7. The number of para-hydroxylation sites is 1. The van der Waals surface area contributed by atoms with E-state index in [-0.39, 0.29) is 29.7 Å². The summed E-state index contributed by atoms with van der Waals surface area (Å²) >= 11 is 0.547. The van der Waals surface area contributed by atoms with Crippen molar-refractivity contribution in [2.75, 3.05) is 28.7 Å². The first kappa shape index (κ1) is 25.7. The van der Waals surface area contributed by atoms with E-state index in [0.29, 0.717) is 40.9 Å². The normalized spacial score (nSPS) is 22.1. The standard InChI is InChI=1S/C27H22F3N7O3S/c28-27(29,30)25-33-20(24(41-25)37-12-13-39-18-11-10-17(18)37)23-35-36-26(40-23)34-21-22(38)31-16-9-5-4-8-15(16)19(32-21)14-6-2-1-3-7-14/h1-9,17-18,21H,10-13H2,(H,31,38)(H,34,36)/t17-,18+,21+/m1/s1. The van der Waals surface area contributed by atoms with E-state index < -0.39 is 23.3 Å². The molecule has 2 aromatic carbocycles. The molecule has 2 fully saturated rings. The molecule has 0 spiro atoms. The number of ether oxygens (including phenoxy) is 1. The average molecular weight is 582 g/mol. The summed E-state index contributed by atoms with van der Waals surface area (Å²) in [5.74, 6) is -0.664. The van der Waals surface area contributed by atoms with Crippen molar-refractivity contribution in [1.29, 1.82) is 0 Å². The Balaban J connectivity index is 1.22. The van der Waals surface area contributed by atoms with E-state index in [4.69, 9.17) is 9.15 Å². The number of carbonyl (C=O) groups is 1. The molecule has 41 heavy (non-hydrogen) atoms. The number of aromatic nitrogens is 3. The molecule has 3 atom stereocenters. The Labute approximate surface area is 235 Å². The van der Waals surface area contributed by atoms with Crippen LogP contribution in [-0.2, 0) is 15.7 Å². The van der Waals surface area contributed by atoms with Crippen LogP contribution < -0.4 is 15.5 Å². The zero-order valence-electron chi connectivity index (χ0n) is 21.3. The Bertz CT molecular complexity index is 1640. The van der Waals surface area contributed by atoms with Crippen LogP contribution in [0.4, 0.5) is 29.9 Å². The highest BCUT2D eigenvalue weighted by Crippen LogP contribution is 2.46. The summed E-state index contributed by atoms with van der Waals surface area (Å²) in [6, 6.07) is 16.5. The molecule has 2 aliphatic heterocycles. The molecule has 1 amide bonds. The van der Waals surface area contributed by atoms with E-state index in [1.165, 1.54) is 0 Å². The molecule has 1 saturated carbocycles. The number of anilines is 3. The molecule has 0 radical (unpaired) electrons. The third kappa shape index (κ3) is 4.72. The predicted octanol–water partition coefficient (Wildman–Crippen LogP) is 4.81. The summed E-state index contributed by atoms with van der Waals surface area (Å²) in [6.45, 7) is 0.824. The lowest BCUT2D eigenvalue weighted by Crippen LogP contribution is -2.57. The minimum atomic E-state index is -4.64. The lowest BCUT2D eigenvalue weighted by atomic mass is 9.86. The maximum Gasteiger partial charge on any atom is 0.443 e. The molecule has 2 N–H and O–H groups in total. The van der Waals surface area contributed by atoms with Gasteiger partial charge in [0.1, 0.15) is 5.00 Å². The van der Waals surface area contributed by atoms with Gasteiger partial charge in [-0.05, 0) is 18.9 Å². The van der Waals surface area contributed by atoms with Gasteiger partial charge in [-0.1, -0.05) is 65.0 Å². The largest absolute Gasteiger partial charge is 0.443 e. The maximum atomic E-state index is 13.7. The highest BCUT2D eigenvalue weighted by molar-refractivity contribution is 7.16. The van der Waals surface area contributed by atoms with Gasteiger partial charge in [-0.25, -0.2) is 9.98 Å². The minimum absolute atomic E-state index is 0.0255. The van der Waals surface area contributed by atoms with Crippen molar-refractivity contribution < 1.29 is 27.1 Å². The number of hydrogen-bond donors (Lipinski definition) is 2. The second-order valence-corrected chi connectivity index (χ2v) is 10.7. The number of nitrogens with zero attached hydrogens (tertiary/aromatic N) is 5. The van der Waals surface area contributed by atoms with E-state index in [1.807, 2.05) is 47.4 Å². The minimum Gasteiger partial charge on any atom is -0.402 e. The van der Waals surface area contributed by atoms with Crippen LogP contribution in [0.2, 0.25) is 0 Å². The topological polar surface area (TPSA) is 118 Å². The van der Waals surface area contributed by atoms with Crippen molar-refractivity contribution in [2.45, 2.75) is 37.3 Å². The Morgan fingerprint density at radius 2 is 1.85 bits per heavy atom. The molecule has 0 unspecified atom stereocenters. The van der Waals surface area contributed by atoms with Gasteiger partial charge in [-0.15, -0.1) is 5.10 Å². The third-order valence-corrected chi connectivity index (χ3v) is 8.37. The zero-order valence-corrected chi connectivity index (χ0v) is 22.1. The monoisotopic (exact) mass is 581 g/mol. The molecule has 1 saturated heterocycles. The SMILES string of the molecule is O=C1Nc2ccccc2C(c2ccccc2)=N[C@H]1Nc1nnc(-c2nc(C(F)(F)F)sc2N2CCO[C@H]3CC[C@H]32)o1. The highest BCUT2D eigenvalue weighted by atomic mass is 32.1. The molecule has 3 aliphatic rings. The second kappa shape index (κ2) is 9.96. The predicted molar refractivity (Wildman–Crippen MR) is 145 cm³/mol. The Morgan fingerprint density at radius 1 is 1.05 bits per heavy atom. The number of aliphatic imine (C=N–C) groups is 1. The van der Waals surface area contributed by atoms with Crippen molar-refractivity contribution in [3.05, 3.63) is 70.7 Å². The van der Waals surface area contributed by atoms with Gasteiger partial charge in [0, 0.05) is 17.7 Å². The Morgan fingerprint density at radius 3 is 2.63 bits per heavy atom. The van der Waals surface area contributed by atoms with Crippen LogP contribution >= 0.6 is 11.3 Å². The number of halogens is 3. The van der Waals surface area contributed by atoms with Gasteiger partial charge in [0.25, 0.3) is 11.8 Å². The van der Waals surface area contributed by atoms with E-state index in [9.17, 15) is 18.0 Å². The summed E-state index contributed by atoms with van der Waals surface area (Å²) in [5, 5.41) is 13.0. The lowest BCUT2D eigenvalue weighted by molar-refractivity contribution is -0.137. The molecular weight excluding hydrogens is 559 g/mol. The van der Waals surface area contributed by atoms with Crippen LogP contribution in [0.15, 0.2) is 64.0 Å². The number of benzene rings is 2. The smallest absolute Gasteiger partial charge is 0.402 e. The van der Waals surface area contributed by atoms with Crippen LogP contribution in [0.5, 0.6) is 0 Å². The highest BCUT2D eigenvalue weighted by Gasteiger charge is 2.44. The number of alkyl halides is 3. The Hall–Kier alpha value is -4.30. The lowest BCUT2D eigenvalue weighted by Gasteiger charge is -2.48. The van der Waals surface area contributed by atoms with E-state index in [1.54, 1.807) is 12.1 Å². The van der Waals surface area contributed by atoms with Gasteiger partial charge in [-0.3, -0.25) is 4.79 Å². The summed E-state index contributed by atoms with van der Waals surface area (Å²) in [4.78, 5) is 23.6. The fourth-order valence-electron chi connectivity index (χ4n) is 5.17. The van der Waals surface area contributed by atoms with Crippen molar-refractivity contribution in [2.24, 2.45) is 4.99 Å². The molecule has 1 aliphatic carbocycles. The van der Waals surface area contributed by atoms with Gasteiger partial charge < -0.3 is 24.7 Å². The number of amides is 1. The molecule has 10 nitrogen and oxygen atoms in total. The number of nitrogens with one attached hydrogen (secondary N) is 2. The Kier molecular flexibility index (Phi) is 6.23. The van der Waals surface area contributed by atoms with Gasteiger partial charge in [0.05, 0.1) is 30.2 Å². The first-order valence-electron chi connectivity index (χ1n) is 13.0. The number of rotatable bonds is 5. The number of thiazole rings is 1. The summed E-state index contributed by atoms with van der Waals surface area (Å²) in [7, 11) is 0. The molecule has 7 rings (SSSR count). The number of benzodiazepines with no additional fused rings is 1. The van der Waals surface area contributed by atoms with Crippen molar-refractivity contribution in [3.8, 4) is 11.6 Å². The van der Waals surface area contributed by atoms with Crippen molar-refractivity contribution in [3.63, 3.8) is 0 Å². The molecule has 4 aromatic rings. The molecule has 2 aromatic heterocycles. The van der Waals surface area contributed by atoms with Crippen molar-refractivity contribution >= 4 is 39.7 Å². The molecule has 0 bridgehead atoms. The van der Waals surface area contributed by atoms with Crippen LogP contribution in [0.25, 0.3) is 11.6 Å². The van der Waals surface area contributed by atoms with Gasteiger partial charge in [0.15, 0.2) is 5.69 Å². The molecule has 4 heterocycles. The van der Waals surface area contributed by atoms with Crippen LogP contribution in [0.1, 0.15) is 29.0 Å². The summed E-state index contributed by atoms with van der Waals surface area (Å²) < 4.78 is 52.6. The fourth-order valence-corrected chi connectivity index (χ4v) is 6.17. The third-order valence-electron chi connectivity index (χ3n) is 7.23. The van der Waals surface area contributed by atoms with Crippen LogP contribution in [0, 0.1) is 0 Å². The number of fused-ring (bicyclic) bond motifs is 2. The van der Waals surface area contributed by atoms with E-state index in [0.717, 1.165) is 24.0 Å².